The van der Waals surface area contributed by atoms with Gasteiger partial charge in [0.25, 0.3) is 0 Å². The van der Waals surface area contributed by atoms with Crippen LogP contribution in [-0.2, 0) is 15.7 Å². The molecule has 2 aliphatic heterocycles. The molecule has 0 saturated carbocycles. The van der Waals surface area contributed by atoms with Crippen molar-refractivity contribution in [1.29, 1.82) is 0 Å². The molecule has 0 aliphatic carbocycles. The summed E-state index contributed by atoms with van der Waals surface area (Å²) in [4.78, 5) is 21.8. The summed E-state index contributed by atoms with van der Waals surface area (Å²) in [5.74, 6) is -0.0746. The molecule has 2 aliphatic rings. The van der Waals surface area contributed by atoms with E-state index in [4.69, 9.17) is 9.57 Å². The molecule has 2 bridgehead atoms. The molecule has 1 aromatic heterocycles. The zero-order valence-corrected chi connectivity index (χ0v) is 15.8. The van der Waals surface area contributed by atoms with Crippen LogP contribution in [0.4, 0.5) is 13.2 Å². The Morgan fingerprint density at radius 2 is 1.78 bits per heavy atom. The SMILES string of the molecule is CC(C)(C)C(=O)O[C@H]1C[C@H]2CCC[C@@H](C1)N2Oc1ccc(C(F)(F)F)cn1. The fraction of sp³-hybridized carbons (Fsp3) is 0.684. The molecule has 0 amide bonds. The first-order valence-electron chi connectivity index (χ1n) is 9.24. The highest BCUT2D eigenvalue weighted by Gasteiger charge is 2.42. The molecule has 0 spiro atoms. The Kier molecular flexibility index (Phi) is 5.38. The van der Waals surface area contributed by atoms with Crippen molar-refractivity contribution in [3.05, 3.63) is 23.9 Å². The number of hydrogen-bond acceptors (Lipinski definition) is 5. The number of ether oxygens (including phenoxy) is 1. The van der Waals surface area contributed by atoms with Gasteiger partial charge in [-0.3, -0.25) is 4.79 Å². The summed E-state index contributed by atoms with van der Waals surface area (Å²) in [6.07, 6.45) is 0.335. The predicted octanol–water partition coefficient (Wildman–Crippen LogP) is 4.37. The molecule has 27 heavy (non-hydrogen) atoms. The van der Waals surface area contributed by atoms with Gasteiger partial charge in [-0.05, 0) is 39.7 Å². The van der Waals surface area contributed by atoms with Crippen LogP contribution < -0.4 is 4.84 Å². The van der Waals surface area contributed by atoms with Gasteiger partial charge >= 0.3 is 12.1 Å². The number of esters is 1. The molecule has 3 heterocycles. The summed E-state index contributed by atoms with van der Waals surface area (Å²) >= 11 is 0. The van der Waals surface area contributed by atoms with Crippen molar-refractivity contribution in [2.75, 3.05) is 0 Å². The van der Waals surface area contributed by atoms with E-state index in [9.17, 15) is 18.0 Å². The highest BCUT2D eigenvalue weighted by atomic mass is 19.4. The second kappa shape index (κ2) is 7.30. The maximum atomic E-state index is 12.7. The number of hydrogen-bond donors (Lipinski definition) is 0. The van der Waals surface area contributed by atoms with Gasteiger partial charge in [0.1, 0.15) is 6.10 Å². The highest BCUT2D eigenvalue weighted by Crippen LogP contribution is 2.37. The molecular weight excluding hydrogens is 361 g/mol. The largest absolute Gasteiger partial charge is 0.462 e. The first-order valence-corrected chi connectivity index (χ1v) is 9.24. The average molecular weight is 386 g/mol. The minimum Gasteiger partial charge on any atom is -0.462 e. The zero-order valence-electron chi connectivity index (χ0n) is 15.8. The normalized spacial score (nSPS) is 26.5. The summed E-state index contributed by atoms with van der Waals surface area (Å²) in [6.45, 7) is 5.47. The Morgan fingerprint density at radius 1 is 1.15 bits per heavy atom. The number of piperidine rings is 2. The predicted molar refractivity (Wildman–Crippen MR) is 91.7 cm³/mol. The van der Waals surface area contributed by atoms with Gasteiger partial charge < -0.3 is 9.57 Å². The van der Waals surface area contributed by atoms with Gasteiger partial charge in [-0.1, -0.05) is 6.42 Å². The van der Waals surface area contributed by atoms with Gasteiger partial charge in [0, 0.05) is 37.2 Å². The summed E-state index contributed by atoms with van der Waals surface area (Å²) in [6, 6.07) is 2.32. The summed E-state index contributed by atoms with van der Waals surface area (Å²) in [5, 5.41) is 1.83. The zero-order chi connectivity index (χ0) is 19.8. The lowest BCUT2D eigenvalue weighted by Crippen LogP contribution is -2.55. The Labute approximate surface area is 156 Å². The number of carbonyl (C=O) groups is 1. The summed E-state index contributed by atoms with van der Waals surface area (Å²) in [7, 11) is 0. The lowest BCUT2D eigenvalue weighted by atomic mass is 9.84. The average Bonchev–Trinajstić information content (AvgIpc) is 2.54. The van der Waals surface area contributed by atoms with E-state index in [0.717, 1.165) is 31.5 Å². The topological polar surface area (TPSA) is 51.7 Å². The molecule has 0 aromatic carbocycles. The highest BCUT2D eigenvalue weighted by molar-refractivity contribution is 5.75. The molecule has 1 aromatic rings. The van der Waals surface area contributed by atoms with Crippen molar-refractivity contribution in [1.82, 2.24) is 10.0 Å². The molecule has 3 atom stereocenters. The van der Waals surface area contributed by atoms with Crippen molar-refractivity contribution in [2.24, 2.45) is 5.41 Å². The summed E-state index contributed by atoms with van der Waals surface area (Å²) in [5.41, 5.74) is -1.35. The standard InChI is InChI=1S/C19H25F3N2O3/c1-18(2,3)17(25)26-15-9-13-5-4-6-14(10-15)24(13)27-16-8-7-12(11-23-16)19(20,21)22/h7-8,11,13-15H,4-6,9-10H2,1-3H3/t13-,14+,15+. The Bertz CT molecular complexity index is 656. The van der Waals surface area contributed by atoms with E-state index in [2.05, 4.69) is 4.98 Å². The van der Waals surface area contributed by atoms with E-state index in [-0.39, 0.29) is 30.0 Å². The Morgan fingerprint density at radius 3 is 2.26 bits per heavy atom. The number of rotatable bonds is 3. The smallest absolute Gasteiger partial charge is 0.417 e. The molecule has 0 radical (unpaired) electrons. The van der Waals surface area contributed by atoms with E-state index < -0.39 is 17.2 Å². The van der Waals surface area contributed by atoms with E-state index in [0.29, 0.717) is 12.8 Å². The fourth-order valence-electron chi connectivity index (χ4n) is 3.57. The van der Waals surface area contributed by atoms with Crippen LogP contribution in [0.2, 0.25) is 0 Å². The third-order valence-corrected chi connectivity index (χ3v) is 5.01. The number of pyridine rings is 1. The number of fused-ring (bicyclic) bond motifs is 2. The van der Waals surface area contributed by atoms with Crippen LogP contribution in [-0.4, -0.2) is 34.2 Å². The number of hydroxylamine groups is 2. The van der Waals surface area contributed by atoms with Crippen molar-refractivity contribution in [2.45, 2.75) is 77.2 Å². The first kappa shape index (κ1) is 19.9. The minimum absolute atomic E-state index is 0.0550. The molecular formula is C19H25F3N2O3. The quantitative estimate of drug-likeness (QED) is 0.722. The minimum atomic E-state index is -4.42. The molecule has 3 rings (SSSR count). The third-order valence-electron chi connectivity index (χ3n) is 5.01. The van der Waals surface area contributed by atoms with E-state index in [1.165, 1.54) is 6.07 Å². The van der Waals surface area contributed by atoms with Crippen LogP contribution in [0.3, 0.4) is 0 Å². The maximum Gasteiger partial charge on any atom is 0.417 e. The van der Waals surface area contributed by atoms with Crippen LogP contribution in [0.5, 0.6) is 5.88 Å². The van der Waals surface area contributed by atoms with Crippen molar-refractivity contribution < 1.29 is 27.5 Å². The van der Waals surface area contributed by atoms with Crippen molar-refractivity contribution in [3.63, 3.8) is 0 Å². The molecule has 2 saturated heterocycles. The maximum absolute atomic E-state index is 12.7. The Hall–Kier alpha value is -1.83. The Balaban J connectivity index is 1.65. The number of aromatic nitrogens is 1. The van der Waals surface area contributed by atoms with Crippen LogP contribution in [0.1, 0.15) is 58.4 Å². The molecule has 2 fully saturated rings. The van der Waals surface area contributed by atoms with Crippen LogP contribution in [0.25, 0.3) is 0 Å². The van der Waals surface area contributed by atoms with Crippen LogP contribution in [0.15, 0.2) is 18.3 Å². The lowest BCUT2D eigenvalue weighted by molar-refractivity contribution is -0.200. The number of alkyl halides is 3. The molecule has 8 heteroatoms. The lowest BCUT2D eigenvalue weighted by Gasteiger charge is -2.46. The van der Waals surface area contributed by atoms with Crippen molar-refractivity contribution in [3.8, 4) is 5.88 Å². The molecule has 5 nitrogen and oxygen atoms in total. The van der Waals surface area contributed by atoms with Gasteiger partial charge in [-0.2, -0.15) is 13.2 Å². The van der Waals surface area contributed by atoms with Gasteiger partial charge in [-0.15, -0.1) is 5.06 Å². The second-order valence-corrected chi connectivity index (χ2v) is 8.32. The summed E-state index contributed by atoms with van der Waals surface area (Å²) < 4.78 is 43.7. The van der Waals surface area contributed by atoms with Gasteiger partial charge in [0.15, 0.2) is 0 Å². The molecule has 150 valence electrons. The third kappa shape index (κ3) is 4.72. The van der Waals surface area contributed by atoms with Crippen LogP contribution >= 0.6 is 0 Å². The number of halogens is 3. The monoisotopic (exact) mass is 386 g/mol. The van der Waals surface area contributed by atoms with E-state index in [1.54, 1.807) is 0 Å². The number of nitrogens with zero attached hydrogens (tertiary/aromatic N) is 2. The van der Waals surface area contributed by atoms with Gasteiger partial charge in [0.05, 0.1) is 11.0 Å². The molecule has 0 unspecified atom stereocenters. The first-order chi connectivity index (χ1) is 12.5. The van der Waals surface area contributed by atoms with Crippen LogP contribution in [0, 0.1) is 5.41 Å². The van der Waals surface area contributed by atoms with Gasteiger partial charge in [0.2, 0.25) is 5.88 Å². The molecule has 0 N–H and O–H groups in total. The van der Waals surface area contributed by atoms with E-state index >= 15 is 0 Å². The fourth-order valence-corrected chi connectivity index (χ4v) is 3.57. The van der Waals surface area contributed by atoms with Gasteiger partial charge in [-0.25, -0.2) is 4.98 Å². The second-order valence-electron chi connectivity index (χ2n) is 8.32. The van der Waals surface area contributed by atoms with Crippen molar-refractivity contribution >= 4 is 5.97 Å². The van der Waals surface area contributed by atoms with E-state index in [1.807, 2.05) is 25.8 Å². The number of carbonyl (C=O) groups excluding carboxylic acids is 1.